The number of fused-ring (bicyclic) bond motifs is 1. The maximum atomic E-state index is 14.1. The Bertz CT molecular complexity index is 1870. The number of carbonyl (C=O) groups excluding carboxylic acids is 1. The summed E-state index contributed by atoms with van der Waals surface area (Å²) in [6.07, 6.45) is 0.811. The van der Waals surface area contributed by atoms with Gasteiger partial charge in [-0.3, -0.25) is 9.10 Å². The van der Waals surface area contributed by atoms with Gasteiger partial charge >= 0.3 is 0 Å². The summed E-state index contributed by atoms with van der Waals surface area (Å²) in [5, 5.41) is 1.88. The molecule has 1 atom stereocenters. The summed E-state index contributed by atoms with van der Waals surface area (Å²) in [7, 11) is -4.08. The number of hydrogen-bond donors (Lipinski definition) is 1. The van der Waals surface area contributed by atoms with Crippen molar-refractivity contribution in [2.45, 2.75) is 30.7 Å². The number of anilines is 1. The van der Waals surface area contributed by atoms with E-state index in [2.05, 4.69) is 24.0 Å². The molecule has 214 valence electrons. The van der Waals surface area contributed by atoms with Crippen molar-refractivity contribution in [1.29, 1.82) is 0 Å². The molecule has 1 saturated heterocycles. The van der Waals surface area contributed by atoms with Crippen LogP contribution in [0.25, 0.3) is 10.9 Å². The molecule has 9 heteroatoms. The van der Waals surface area contributed by atoms with Crippen LogP contribution in [0.1, 0.15) is 39.5 Å². The number of H-pyrrole nitrogens is 1. The first-order valence-electron chi connectivity index (χ1n) is 13.7. The number of benzene rings is 4. The zero-order valence-corrected chi connectivity index (χ0v) is 25.3. The Hall–Kier alpha value is -3.78. The van der Waals surface area contributed by atoms with Crippen LogP contribution in [0, 0.1) is 6.92 Å². The molecule has 0 saturated carbocycles. The lowest BCUT2D eigenvalue weighted by atomic mass is 9.95. The lowest BCUT2D eigenvalue weighted by Crippen LogP contribution is -2.32. The van der Waals surface area contributed by atoms with E-state index in [1.54, 1.807) is 29.2 Å². The summed E-state index contributed by atoms with van der Waals surface area (Å²) >= 11 is 12.6. The molecule has 6 rings (SSSR count). The predicted octanol–water partition coefficient (Wildman–Crippen LogP) is 7.81. The number of rotatable bonds is 7. The standard InChI is InChI=1S/C33H29Cl2N3O3S/c1-22-32(28-9-5-6-10-31(28)36-22)24-17-18-37(21-24)33(39)29-19-27(15-16-30(29)35)42(40,41)38(20-23-7-3-2-4-8-23)26-13-11-25(34)12-14-26/h2-16,19,24,36H,17-18,20-21H2,1H3. The van der Waals surface area contributed by atoms with Crippen molar-refractivity contribution in [3.63, 3.8) is 0 Å². The van der Waals surface area contributed by atoms with E-state index in [1.807, 2.05) is 42.5 Å². The van der Waals surface area contributed by atoms with E-state index >= 15 is 0 Å². The van der Waals surface area contributed by atoms with E-state index in [0.29, 0.717) is 23.8 Å². The van der Waals surface area contributed by atoms with E-state index in [1.165, 1.54) is 33.5 Å². The van der Waals surface area contributed by atoms with Gasteiger partial charge < -0.3 is 9.88 Å². The second-order valence-electron chi connectivity index (χ2n) is 10.6. The van der Waals surface area contributed by atoms with Crippen molar-refractivity contribution in [1.82, 2.24) is 9.88 Å². The van der Waals surface area contributed by atoms with E-state index in [0.717, 1.165) is 23.2 Å². The van der Waals surface area contributed by atoms with Crippen molar-refractivity contribution in [3.05, 3.63) is 129 Å². The molecular formula is C33H29Cl2N3O3S. The zero-order chi connectivity index (χ0) is 29.4. The first kappa shape index (κ1) is 28.3. The van der Waals surface area contributed by atoms with Gasteiger partial charge in [-0.2, -0.15) is 0 Å². The first-order chi connectivity index (χ1) is 20.2. The first-order valence-corrected chi connectivity index (χ1v) is 15.9. The highest BCUT2D eigenvalue weighted by Crippen LogP contribution is 2.36. The Balaban J connectivity index is 1.31. The molecule has 1 N–H and O–H groups in total. The predicted molar refractivity (Wildman–Crippen MR) is 169 cm³/mol. The lowest BCUT2D eigenvalue weighted by molar-refractivity contribution is 0.0790. The Morgan fingerprint density at radius 3 is 2.43 bits per heavy atom. The SMILES string of the molecule is Cc1[nH]c2ccccc2c1C1CCN(C(=O)c2cc(S(=O)(=O)N(Cc3ccccc3)c3ccc(Cl)cc3)ccc2Cl)C1. The topological polar surface area (TPSA) is 73.5 Å². The van der Waals surface area contributed by atoms with Crippen LogP contribution in [0.2, 0.25) is 10.0 Å². The maximum absolute atomic E-state index is 14.1. The molecule has 1 unspecified atom stereocenters. The maximum Gasteiger partial charge on any atom is 0.264 e. The number of nitrogens with one attached hydrogen (secondary N) is 1. The molecular weight excluding hydrogens is 589 g/mol. The summed E-state index contributed by atoms with van der Waals surface area (Å²) < 4.78 is 29.6. The van der Waals surface area contributed by atoms with Gasteiger partial charge in [-0.05, 0) is 73.0 Å². The largest absolute Gasteiger partial charge is 0.358 e. The van der Waals surface area contributed by atoms with Crippen molar-refractivity contribution in [2.75, 3.05) is 17.4 Å². The van der Waals surface area contributed by atoms with Gasteiger partial charge in [-0.1, -0.05) is 71.7 Å². The molecule has 0 spiro atoms. The molecule has 2 heterocycles. The Morgan fingerprint density at radius 2 is 1.67 bits per heavy atom. The van der Waals surface area contributed by atoms with E-state index < -0.39 is 10.0 Å². The van der Waals surface area contributed by atoms with E-state index in [9.17, 15) is 13.2 Å². The number of aryl methyl sites for hydroxylation is 1. The third kappa shape index (κ3) is 5.40. The normalized spacial score (nSPS) is 15.3. The molecule has 6 nitrogen and oxygen atoms in total. The van der Waals surface area contributed by atoms with Crippen LogP contribution in [-0.2, 0) is 16.6 Å². The molecule has 1 aliphatic rings. The van der Waals surface area contributed by atoms with Gasteiger partial charge in [0, 0.05) is 40.6 Å². The van der Waals surface area contributed by atoms with Gasteiger partial charge in [-0.25, -0.2) is 8.42 Å². The van der Waals surface area contributed by atoms with Gasteiger partial charge in [0.05, 0.1) is 27.7 Å². The summed E-state index contributed by atoms with van der Waals surface area (Å²) in [5.74, 6) is -0.111. The van der Waals surface area contributed by atoms with Crippen LogP contribution >= 0.6 is 23.2 Å². The molecule has 1 amide bonds. The van der Waals surface area contributed by atoms with Crippen LogP contribution in [0.3, 0.4) is 0 Å². The van der Waals surface area contributed by atoms with Gasteiger partial charge in [0.25, 0.3) is 15.9 Å². The van der Waals surface area contributed by atoms with Crippen LogP contribution in [-0.4, -0.2) is 37.3 Å². The second kappa shape index (κ2) is 11.5. The summed E-state index contributed by atoms with van der Waals surface area (Å²) in [5.41, 5.74) is 4.85. The number of para-hydroxylation sites is 1. The molecule has 1 aromatic heterocycles. The monoisotopic (exact) mass is 617 g/mol. The van der Waals surface area contributed by atoms with Crippen molar-refractivity contribution >= 4 is 55.7 Å². The third-order valence-electron chi connectivity index (χ3n) is 7.87. The minimum absolute atomic E-state index is 0.00986. The molecule has 42 heavy (non-hydrogen) atoms. The Labute approximate surface area is 255 Å². The van der Waals surface area contributed by atoms with Gasteiger partial charge in [0.1, 0.15) is 0 Å². The lowest BCUT2D eigenvalue weighted by Gasteiger charge is -2.25. The van der Waals surface area contributed by atoms with E-state index in [4.69, 9.17) is 23.2 Å². The zero-order valence-electron chi connectivity index (χ0n) is 22.9. The molecule has 4 aromatic carbocycles. The molecule has 1 fully saturated rings. The fourth-order valence-corrected chi connectivity index (χ4v) is 7.61. The highest BCUT2D eigenvalue weighted by molar-refractivity contribution is 7.92. The minimum Gasteiger partial charge on any atom is -0.358 e. The quantitative estimate of drug-likeness (QED) is 0.202. The van der Waals surface area contributed by atoms with Gasteiger partial charge in [0.2, 0.25) is 0 Å². The smallest absolute Gasteiger partial charge is 0.264 e. The number of amides is 1. The number of aromatic nitrogens is 1. The number of nitrogens with zero attached hydrogens (tertiary/aromatic N) is 2. The highest BCUT2D eigenvalue weighted by atomic mass is 35.5. The van der Waals surface area contributed by atoms with Crippen LogP contribution in [0.5, 0.6) is 0 Å². The number of likely N-dealkylation sites (tertiary alicyclic amines) is 1. The second-order valence-corrected chi connectivity index (χ2v) is 13.3. The molecule has 1 aliphatic heterocycles. The fourth-order valence-electron chi connectivity index (χ4n) is 5.80. The van der Waals surface area contributed by atoms with Crippen molar-refractivity contribution < 1.29 is 13.2 Å². The molecule has 0 radical (unpaired) electrons. The molecule has 0 bridgehead atoms. The fraction of sp³-hybridized carbons (Fsp3) is 0.182. The summed E-state index contributed by atoms with van der Waals surface area (Å²) in [6, 6.07) is 28.5. The van der Waals surface area contributed by atoms with Crippen molar-refractivity contribution in [3.8, 4) is 0 Å². The molecule has 5 aromatic rings. The number of aromatic amines is 1. The summed E-state index contributed by atoms with van der Waals surface area (Å²) in [4.78, 5) is 19.0. The average molecular weight is 619 g/mol. The van der Waals surface area contributed by atoms with Crippen molar-refractivity contribution in [2.24, 2.45) is 0 Å². The number of sulfonamides is 1. The summed E-state index contributed by atoms with van der Waals surface area (Å²) in [6.45, 7) is 3.25. The molecule has 0 aliphatic carbocycles. The number of carbonyl (C=O) groups is 1. The number of halogens is 2. The minimum atomic E-state index is -4.08. The third-order valence-corrected chi connectivity index (χ3v) is 10.2. The average Bonchev–Trinajstić information content (AvgIpc) is 3.60. The van der Waals surface area contributed by atoms with Crippen LogP contribution < -0.4 is 4.31 Å². The van der Waals surface area contributed by atoms with Gasteiger partial charge in [-0.15, -0.1) is 0 Å². The Kier molecular flexibility index (Phi) is 7.75. The van der Waals surface area contributed by atoms with Crippen LogP contribution in [0.15, 0.2) is 102 Å². The highest BCUT2D eigenvalue weighted by Gasteiger charge is 2.33. The van der Waals surface area contributed by atoms with Gasteiger partial charge in [0.15, 0.2) is 0 Å². The van der Waals surface area contributed by atoms with E-state index in [-0.39, 0.29) is 33.9 Å². The van der Waals surface area contributed by atoms with Crippen LogP contribution in [0.4, 0.5) is 5.69 Å². The number of hydrogen-bond acceptors (Lipinski definition) is 3. The Morgan fingerprint density at radius 1 is 0.952 bits per heavy atom.